The van der Waals surface area contributed by atoms with Crippen LogP contribution in [0.15, 0.2) is 18.2 Å². The largest absolute Gasteiger partial charge is 0.393 e. The van der Waals surface area contributed by atoms with Gasteiger partial charge in [0.25, 0.3) is 5.69 Å². The Kier molecular flexibility index (Phi) is 3.55. The van der Waals surface area contributed by atoms with Gasteiger partial charge in [-0.05, 0) is 25.0 Å². The molecule has 1 aromatic carbocycles. The van der Waals surface area contributed by atoms with Crippen molar-refractivity contribution in [2.24, 2.45) is 11.7 Å². The zero-order valence-electron chi connectivity index (χ0n) is 10.4. The Balaban J connectivity index is 2.20. The molecule has 1 amide bonds. The fourth-order valence-corrected chi connectivity index (χ4v) is 2.35. The number of nitro groups is 1. The minimum absolute atomic E-state index is 0.104. The first kappa shape index (κ1) is 13.1. The topological polar surface area (TPSA) is 115 Å². The number of piperidine rings is 1. The zero-order chi connectivity index (χ0) is 14.0. The van der Waals surface area contributed by atoms with Crippen LogP contribution in [0.2, 0.25) is 0 Å². The van der Waals surface area contributed by atoms with E-state index in [2.05, 4.69) is 0 Å². The van der Waals surface area contributed by atoms with Crippen molar-refractivity contribution >= 4 is 23.0 Å². The zero-order valence-corrected chi connectivity index (χ0v) is 10.4. The number of amides is 1. The molecule has 0 bridgehead atoms. The Bertz CT molecular complexity index is 518. The Hall–Kier alpha value is -2.31. The normalized spacial score (nSPS) is 19.2. The minimum atomic E-state index is -0.512. The molecule has 0 saturated carbocycles. The van der Waals surface area contributed by atoms with Gasteiger partial charge in [-0.25, -0.2) is 0 Å². The molecule has 1 aliphatic rings. The van der Waals surface area contributed by atoms with E-state index in [-0.39, 0.29) is 23.2 Å². The van der Waals surface area contributed by atoms with Crippen LogP contribution in [-0.4, -0.2) is 23.9 Å². The molecule has 7 heteroatoms. The first-order valence-corrected chi connectivity index (χ1v) is 6.07. The number of benzene rings is 1. The lowest BCUT2D eigenvalue weighted by Crippen LogP contribution is -2.41. The van der Waals surface area contributed by atoms with Crippen molar-refractivity contribution in [3.05, 3.63) is 28.3 Å². The van der Waals surface area contributed by atoms with Crippen LogP contribution in [0.3, 0.4) is 0 Å². The van der Waals surface area contributed by atoms with Crippen LogP contribution in [0.25, 0.3) is 0 Å². The predicted octanol–water partition coefficient (Wildman–Crippen LogP) is 0.879. The maximum atomic E-state index is 11.2. The Morgan fingerprint density at radius 1 is 1.47 bits per heavy atom. The molecule has 102 valence electrons. The molecule has 1 unspecified atom stereocenters. The molecule has 0 aliphatic carbocycles. The van der Waals surface area contributed by atoms with Crippen LogP contribution >= 0.6 is 0 Å². The average molecular weight is 264 g/mol. The van der Waals surface area contributed by atoms with Crippen LogP contribution in [0.4, 0.5) is 17.1 Å². The molecule has 1 aliphatic heterocycles. The van der Waals surface area contributed by atoms with Gasteiger partial charge in [0.15, 0.2) is 0 Å². The summed E-state index contributed by atoms with van der Waals surface area (Å²) >= 11 is 0. The van der Waals surface area contributed by atoms with Gasteiger partial charge in [-0.15, -0.1) is 0 Å². The van der Waals surface area contributed by atoms with Crippen molar-refractivity contribution < 1.29 is 9.72 Å². The molecule has 1 aromatic rings. The number of nitrogens with two attached hydrogens (primary N) is 2. The summed E-state index contributed by atoms with van der Waals surface area (Å²) in [5.41, 5.74) is 11.8. The summed E-state index contributed by atoms with van der Waals surface area (Å²) in [5, 5.41) is 10.7. The second kappa shape index (κ2) is 5.13. The van der Waals surface area contributed by atoms with Crippen molar-refractivity contribution in [2.75, 3.05) is 23.7 Å². The predicted molar refractivity (Wildman–Crippen MR) is 71.6 cm³/mol. The van der Waals surface area contributed by atoms with Crippen LogP contribution in [0, 0.1) is 16.0 Å². The number of carbonyl (C=O) groups is 1. The summed E-state index contributed by atoms with van der Waals surface area (Å²) in [6.07, 6.45) is 1.65. The SMILES string of the molecule is NC(=O)C1CCCN(c2ccc([N+](=O)[O-])c(N)c2)C1. The third-order valence-corrected chi connectivity index (χ3v) is 3.40. The van der Waals surface area contributed by atoms with Gasteiger partial charge in [-0.1, -0.05) is 0 Å². The first-order chi connectivity index (χ1) is 8.99. The number of hydrogen-bond acceptors (Lipinski definition) is 5. The van der Waals surface area contributed by atoms with Crippen LogP contribution in [-0.2, 0) is 4.79 Å². The highest BCUT2D eigenvalue weighted by molar-refractivity contribution is 5.78. The van der Waals surface area contributed by atoms with E-state index in [4.69, 9.17) is 11.5 Å². The van der Waals surface area contributed by atoms with Crippen molar-refractivity contribution in [3.63, 3.8) is 0 Å². The second-order valence-corrected chi connectivity index (χ2v) is 4.69. The van der Waals surface area contributed by atoms with E-state index in [0.29, 0.717) is 6.54 Å². The number of nitro benzene ring substituents is 1. The van der Waals surface area contributed by atoms with Gasteiger partial charge in [-0.2, -0.15) is 0 Å². The molecule has 19 heavy (non-hydrogen) atoms. The number of nitrogens with zero attached hydrogens (tertiary/aromatic N) is 2. The first-order valence-electron chi connectivity index (χ1n) is 6.07. The van der Waals surface area contributed by atoms with Gasteiger partial charge in [0.1, 0.15) is 5.69 Å². The summed E-state index contributed by atoms with van der Waals surface area (Å²) in [5.74, 6) is -0.482. The number of hydrogen-bond donors (Lipinski definition) is 2. The van der Waals surface area contributed by atoms with E-state index in [1.807, 2.05) is 4.90 Å². The number of rotatable bonds is 3. The monoisotopic (exact) mass is 264 g/mol. The number of primary amides is 1. The molecule has 1 atom stereocenters. The molecule has 4 N–H and O–H groups in total. The molecular weight excluding hydrogens is 248 g/mol. The summed E-state index contributed by atoms with van der Waals surface area (Å²) in [7, 11) is 0. The Morgan fingerprint density at radius 2 is 2.21 bits per heavy atom. The Morgan fingerprint density at radius 3 is 2.79 bits per heavy atom. The molecular formula is C12H16N4O3. The van der Waals surface area contributed by atoms with Gasteiger partial charge < -0.3 is 16.4 Å². The molecule has 1 saturated heterocycles. The molecule has 1 heterocycles. The summed E-state index contributed by atoms with van der Waals surface area (Å²) < 4.78 is 0. The quantitative estimate of drug-likeness (QED) is 0.477. The number of anilines is 2. The van der Waals surface area contributed by atoms with Gasteiger partial charge >= 0.3 is 0 Å². The lowest BCUT2D eigenvalue weighted by Gasteiger charge is -2.33. The van der Waals surface area contributed by atoms with E-state index in [1.54, 1.807) is 12.1 Å². The molecule has 2 rings (SSSR count). The summed E-state index contributed by atoms with van der Waals surface area (Å²) in [4.78, 5) is 23.4. The van der Waals surface area contributed by atoms with Gasteiger partial charge in [0.05, 0.1) is 10.8 Å². The Labute approximate surface area is 110 Å². The van der Waals surface area contributed by atoms with E-state index in [0.717, 1.165) is 25.1 Å². The highest BCUT2D eigenvalue weighted by Gasteiger charge is 2.25. The third-order valence-electron chi connectivity index (χ3n) is 3.40. The molecule has 0 spiro atoms. The lowest BCUT2D eigenvalue weighted by molar-refractivity contribution is -0.383. The van der Waals surface area contributed by atoms with E-state index in [9.17, 15) is 14.9 Å². The smallest absolute Gasteiger partial charge is 0.292 e. The van der Waals surface area contributed by atoms with E-state index in [1.165, 1.54) is 6.07 Å². The van der Waals surface area contributed by atoms with Gasteiger partial charge in [0.2, 0.25) is 5.91 Å². The highest BCUT2D eigenvalue weighted by Crippen LogP contribution is 2.29. The van der Waals surface area contributed by atoms with Crippen molar-refractivity contribution in [2.45, 2.75) is 12.8 Å². The lowest BCUT2D eigenvalue weighted by atomic mass is 9.97. The fourth-order valence-electron chi connectivity index (χ4n) is 2.35. The van der Waals surface area contributed by atoms with E-state index < -0.39 is 4.92 Å². The van der Waals surface area contributed by atoms with Crippen molar-refractivity contribution in [1.29, 1.82) is 0 Å². The molecule has 7 nitrogen and oxygen atoms in total. The van der Waals surface area contributed by atoms with Gasteiger partial charge in [-0.3, -0.25) is 14.9 Å². The maximum Gasteiger partial charge on any atom is 0.292 e. The summed E-state index contributed by atoms with van der Waals surface area (Å²) in [6.45, 7) is 1.33. The van der Waals surface area contributed by atoms with Crippen LogP contribution < -0.4 is 16.4 Å². The van der Waals surface area contributed by atoms with Crippen LogP contribution in [0.5, 0.6) is 0 Å². The average Bonchev–Trinajstić information content (AvgIpc) is 2.38. The number of nitrogen functional groups attached to an aromatic ring is 1. The number of carbonyl (C=O) groups excluding carboxylic acids is 1. The second-order valence-electron chi connectivity index (χ2n) is 4.69. The van der Waals surface area contributed by atoms with Gasteiger partial charge in [0, 0.05) is 24.8 Å². The fraction of sp³-hybridized carbons (Fsp3) is 0.417. The molecule has 0 radical (unpaired) electrons. The standard InChI is InChI=1S/C12H16N4O3/c13-10-6-9(3-4-11(10)16(18)19)15-5-1-2-8(7-15)12(14)17/h3-4,6,8H,1-2,5,7,13H2,(H2,14,17). The third kappa shape index (κ3) is 2.75. The molecule has 1 fully saturated rings. The highest BCUT2D eigenvalue weighted by atomic mass is 16.6. The maximum absolute atomic E-state index is 11.2. The van der Waals surface area contributed by atoms with Crippen molar-refractivity contribution in [3.8, 4) is 0 Å². The van der Waals surface area contributed by atoms with Crippen LogP contribution in [0.1, 0.15) is 12.8 Å². The summed E-state index contributed by atoms with van der Waals surface area (Å²) in [6, 6.07) is 4.61. The van der Waals surface area contributed by atoms with E-state index >= 15 is 0 Å². The minimum Gasteiger partial charge on any atom is -0.393 e. The van der Waals surface area contributed by atoms with Crippen molar-refractivity contribution in [1.82, 2.24) is 0 Å². The molecule has 0 aromatic heterocycles.